The van der Waals surface area contributed by atoms with Crippen molar-refractivity contribution in [3.05, 3.63) is 10.4 Å². The summed E-state index contributed by atoms with van der Waals surface area (Å²) in [7, 11) is 0. The molecule has 2 aliphatic rings. The number of hydrogen-bond donors (Lipinski definition) is 2. The minimum atomic E-state index is -0.838. The number of ether oxygens (including phenoxy) is 1. The van der Waals surface area contributed by atoms with Crippen LogP contribution >= 0.6 is 0 Å². The second kappa shape index (κ2) is 5.95. The molecule has 2 heterocycles. The van der Waals surface area contributed by atoms with Gasteiger partial charge in [-0.05, 0) is 5.53 Å². The molecule has 2 saturated heterocycles. The quantitative estimate of drug-likeness (QED) is 0.321. The Balaban J connectivity index is 1.95. The van der Waals surface area contributed by atoms with Crippen LogP contribution in [-0.4, -0.2) is 53.5 Å². The van der Waals surface area contributed by atoms with Crippen molar-refractivity contribution in [2.24, 2.45) is 11.2 Å². The van der Waals surface area contributed by atoms with Crippen molar-refractivity contribution in [2.75, 3.05) is 13.2 Å². The molecule has 0 bridgehead atoms. The van der Waals surface area contributed by atoms with Crippen LogP contribution in [0.15, 0.2) is 5.28 Å². The van der Waals surface area contributed by atoms with Gasteiger partial charge in [0, 0.05) is 17.9 Å². The van der Waals surface area contributed by atoms with Crippen molar-refractivity contribution in [1.29, 1.82) is 0 Å². The number of imide groups is 1. The minimum Gasteiger partial charge on any atom is -0.431 e. The summed E-state index contributed by atoms with van der Waals surface area (Å²) in [6.07, 6.45) is -1.96. The Bertz CT molecular complexity index is 451. The van der Waals surface area contributed by atoms with E-state index < -0.39 is 24.5 Å². The Morgan fingerprint density at radius 1 is 1.65 bits per heavy atom. The smallest absolute Gasteiger partial charge is 0.326 e. The predicted octanol–water partition coefficient (Wildman–Crippen LogP) is -0.108. The fourth-order valence-electron chi connectivity index (χ4n) is 2.20. The molecule has 3 amide bonds. The summed E-state index contributed by atoms with van der Waals surface area (Å²) in [5.74, 6) is -0.667. The van der Waals surface area contributed by atoms with Crippen LogP contribution in [0.1, 0.15) is 13.3 Å². The van der Waals surface area contributed by atoms with Gasteiger partial charge in [-0.2, -0.15) is 0 Å². The van der Waals surface area contributed by atoms with Gasteiger partial charge < -0.3 is 14.7 Å². The zero-order chi connectivity index (χ0) is 14.7. The maximum absolute atomic E-state index is 11.7. The number of nitrogens with zero attached hydrogens (tertiary/aromatic N) is 4. The number of aliphatic hydroxyl groups is 1. The van der Waals surface area contributed by atoms with Crippen molar-refractivity contribution in [2.45, 2.75) is 31.8 Å². The highest BCUT2D eigenvalue weighted by atomic mass is 16.7. The zero-order valence-electron chi connectivity index (χ0n) is 10.8. The van der Waals surface area contributed by atoms with E-state index in [1.165, 1.54) is 4.90 Å². The van der Waals surface area contributed by atoms with Crippen LogP contribution in [-0.2, 0) is 14.4 Å². The lowest BCUT2D eigenvalue weighted by molar-refractivity contribution is -0.129. The van der Waals surface area contributed by atoms with Crippen LogP contribution in [0.5, 0.6) is 0 Å². The van der Waals surface area contributed by atoms with Gasteiger partial charge in [-0.25, -0.2) is 4.79 Å². The summed E-state index contributed by atoms with van der Waals surface area (Å²) in [6.45, 7) is 1.82. The van der Waals surface area contributed by atoms with E-state index >= 15 is 0 Å². The third kappa shape index (κ3) is 2.93. The van der Waals surface area contributed by atoms with Gasteiger partial charge in [0.15, 0.2) is 0 Å². The largest absolute Gasteiger partial charge is 0.431 e. The van der Waals surface area contributed by atoms with Crippen molar-refractivity contribution in [1.82, 2.24) is 10.2 Å². The zero-order valence-corrected chi connectivity index (χ0v) is 10.8. The van der Waals surface area contributed by atoms with Gasteiger partial charge in [0.1, 0.15) is 24.2 Å². The lowest BCUT2D eigenvalue weighted by Crippen LogP contribution is -2.57. The third-order valence-corrected chi connectivity index (χ3v) is 3.29. The highest BCUT2D eigenvalue weighted by Gasteiger charge is 2.42. The molecule has 2 fully saturated rings. The van der Waals surface area contributed by atoms with Gasteiger partial charge in [0.05, 0.1) is 12.0 Å². The summed E-state index contributed by atoms with van der Waals surface area (Å²) in [5, 5.41) is 15.0. The van der Waals surface area contributed by atoms with Crippen LogP contribution in [0.2, 0.25) is 0 Å². The molecule has 0 aromatic rings. The number of rotatable bonds is 4. The predicted molar refractivity (Wildman–Crippen MR) is 63.8 cm³/mol. The number of carbonyl (C=O) groups excluding carboxylic acids is 2. The molecule has 0 aromatic carbocycles. The van der Waals surface area contributed by atoms with Crippen molar-refractivity contribution in [3.8, 4) is 0 Å². The molecule has 10 heteroatoms. The summed E-state index contributed by atoms with van der Waals surface area (Å²) >= 11 is 0. The average Bonchev–Trinajstić information content (AvgIpc) is 2.76. The first-order chi connectivity index (χ1) is 9.52. The molecule has 0 radical (unpaired) electrons. The molecule has 2 N–H and O–H groups in total. The number of amides is 3. The van der Waals surface area contributed by atoms with E-state index in [4.69, 9.17) is 10.3 Å². The number of hydrogen-bond acceptors (Lipinski definition) is 6. The van der Waals surface area contributed by atoms with Crippen molar-refractivity contribution < 1.29 is 24.3 Å². The first-order valence-corrected chi connectivity index (χ1v) is 6.14. The summed E-state index contributed by atoms with van der Waals surface area (Å²) < 4.78 is 5.51. The third-order valence-electron chi connectivity index (χ3n) is 3.29. The standard InChI is InChI=1S/C10H15N5O5/c1-5-3-15(10(18)12-9(5)17)8-2-6(16)7(20-8)4-19-14-13-11/h5-8,16H,2-4H2,1H3,(H,12,17,18)/t5?,6-,7+,8?/m0/s1. The molecule has 2 unspecified atom stereocenters. The molecular formula is C10H15N5O5. The molecule has 110 valence electrons. The molecule has 0 saturated carbocycles. The number of azide groups is 1. The number of nitrogens with one attached hydrogen (secondary N) is 1. The Morgan fingerprint density at radius 2 is 2.40 bits per heavy atom. The van der Waals surface area contributed by atoms with E-state index in [2.05, 4.69) is 20.3 Å². The van der Waals surface area contributed by atoms with E-state index in [0.717, 1.165) is 0 Å². The molecule has 10 nitrogen and oxygen atoms in total. The SMILES string of the molecule is CC1CN(C2C[C@H](O)[C@@H](CON=[N+]=[N-])O2)C(=O)NC1=O. The van der Waals surface area contributed by atoms with E-state index in [1.54, 1.807) is 6.92 Å². The van der Waals surface area contributed by atoms with Gasteiger partial charge in [-0.15, -0.1) is 0 Å². The highest BCUT2D eigenvalue weighted by Crippen LogP contribution is 2.25. The summed E-state index contributed by atoms with van der Waals surface area (Å²) in [6, 6.07) is -0.540. The molecule has 20 heavy (non-hydrogen) atoms. The normalized spacial score (nSPS) is 33.6. The number of urea groups is 1. The molecule has 0 aliphatic carbocycles. The van der Waals surface area contributed by atoms with Crippen molar-refractivity contribution >= 4 is 11.9 Å². The summed E-state index contributed by atoms with van der Waals surface area (Å²) in [5.41, 5.74) is 8.09. The maximum atomic E-state index is 11.7. The second-order valence-electron chi connectivity index (χ2n) is 4.75. The molecule has 4 atom stereocenters. The average molecular weight is 285 g/mol. The van der Waals surface area contributed by atoms with Crippen LogP contribution in [0, 0.1) is 5.92 Å². The number of aliphatic hydroxyl groups excluding tert-OH is 1. The van der Waals surface area contributed by atoms with Gasteiger partial charge in [0.25, 0.3) is 0 Å². The minimum absolute atomic E-state index is 0.105. The first kappa shape index (κ1) is 14.4. The number of carbonyl (C=O) groups is 2. The van der Waals surface area contributed by atoms with Crippen molar-refractivity contribution in [3.63, 3.8) is 0 Å². The van der Waals surface area contributed by atoms with E-state index in [9.17, 15) is 14.7 Å². The first-order valence-electron chi connectivity index (χ1n) is 6.14. The second-order valence-corrected chi connectivity index (χ2v) is 4.75. The van der Waals surface area contributed by atoms with Crippen LogP contribution in [0.3, 0.4) is 0 Å². The fourth-order valence-corrected chi connectivity index (χ4v) is 2.20. The summed E-state index contributed by atoms with van der Waals surface area (Å²) in [4.78, 5) is 31.5. The maximum Gasteiger partial charge on any atom is 0.326 e. The van der Waals surface area contributed by atoms with E-state index in [-0.39, 0.29) is 31.4 Å². The molecule has 2 aliphatic heterocycles. The monoisotopic (exact) mass is 285 g/mol. The Hall–Kier alpha value is -2.03. The molecular weight excluding hydrogens is 270 g/mol. The molecule has 2 rings (SSSR count). The highest BCUT2D eigenvalue weighted by molar-refractivity contribution is 5.97. The lowest BCUT2D eigenvalue weighted by atomic mass is 10.1. The topological polar surface area (TPSA) is 137 Å². The molecule has 0 aromatic heterocycles. The van der Waals surface area contributed by atoms with E-state index in [0.29, 0.717) is 0 Å². The van der Waals surface area contributed by atoms with Gasteiger partial charge in [-0.3, -0.25) is 15.0 Å². The van der Waals surface area contributed by atoms with Crippen LogP contribution < -0.4 is 5.32 Å². The van der Waals surface area contributed by atoms with E-state index in [1.807, 2.05) is 0 Å². The van der Waals surface area contributed by atoms with Gasteiger partial charge >= 0.3 is 6.03 Å². The Morgan fingerprint density at radius 3 is 3.10 bits per heavy atom. The van der Waals surface area contributed by atoms with Gasteiger partial charge in [-0.1, -0.05) is 6.92 Å². The molecule has 0 spiro atoms. The van der Waals surface area contributed by atoms with Crippen LogP contribution in [0.4, 0.5) is 4.79 Å². The van der Waals surface area contributed by atoms with Gasteiger partial charge in [0.2, 0.25) is 5.91 Å². The lowest BCUT2D eigenvalue weighted by Gasteiger charge is -2.34. The fraction of sp³-hybridized carbons (Fsp3) is 0.800. The Kier molecular flexibility index (Phi) is 4.28. The van der Waals surface area contributed by atoms with Crippen LogP contribution in [0.25, 0.3) is 10.4 Å². The Labute approximate surface area is 114 Å².